The first kappa shape index (κ1) is 31.0. The number of ether oxygens (including phenoxy) is 3. The molecule has 10 nitrogen and oxygen atoms in total. The average Bonchev–Trinajstić information content (AvgIpc) is 3.75. The molecule has 13 heteroatoms. The molecule has 1 aromatic heterocycles. The topological polar surface area (TPSA) is 136 Å². The molecule has 0 atom stereocenters. The number of carboxylic acids is 1. The Morgan fingerprint density at radius 3 is 2.29 bits per heavy atom. The number of carbonyl (C=O) groups is 3. The number of hydrogen-bond donors (Lipinski definition) is 3. The molecular weight excluding hydrogens is 580 g/mol. The summed E-state index contributed by atoms with van der Waals surface area (Å²) in [4.78, 5) is 41.0. The number of pyridine rings is 1. The number of carboxylic acid groups (broad SMARTS) is 1. The van der Waals surface area contributed by atoms with Gasteiger partial charge in [-0.3, -0.25) is 14.6 Å². The number of amides is 2. The van der Waals surface area contributed by atoms with Gasteiger partial charge in [-0.05, 0) is 55.3 Å². The van der Waals surface area contributed by atoms with Crippen LogP contribution in [0.25, 0.3) is 10.9 Å². The summed E-state index contributed by atoms with van der Waals surface area (Å²) in [6, 6.07) is 15.1. The Balaban J connectivity index is 0.00000405. The van der Waals surface area contributed by atoms with Crippen LogP contribution in [-0.4, -0.2) is 71.1 Å². The van der Waals surface area contributed by atoms with Gasteiger partial charge in [0.25, 0.3) is 0 Å². The van der Waals surface area contributed by atoms with Crippen molar-refractivity contribution in [2.24, 2.45) is 5.41 Å². The zero-order valence-electron chi connectivity index (χ0n) is 21.6. The van der Waals surface area contributed by atoms with Gasteiger partial charge in [0.05, 0.1) is 12.6 Å². The van der Waals surface area contributed by atoms with Gasteiger partial charge < -0.3 is 30.0 Å². The number of anilines is 2. The van der Waals surface area contributed by atoms with Crippen LogP contribution in [0.1, 0.15) is 12.8 Å². The molecule has 4 aromatic rings. The molecule has 0 aliphatic heterocycles. The molecule has 42 heavy (non-hydrogen) atoms. The van der Waals surface area contributed by atoms with Crippen molar-refractivity contribution in [1.29, 1.82) is 0 Å². The van der Waals surface area contributed by atoms with E-state index < -0.39 is 35.6 Å². The number of nitrogens with one attached hydrogen (secondary N) is 2. The molecule has 1 heterocycles. The number of hydrogen-bond acceptors (Lipinski definition) is 7. The monoisotopic (exact) mass is 603 g/mol. The van der Waals surface area contributed by atoms with E-state index in [1.807, 2.05) is 0 Å². The van der Waals surface area contributed by atoms with Gasteiger partial charge in [0.2, 0.25) is 11.8 Å². The van der Waals surface area contributed by atoms with Crippen molar-refractivity contribution in [1.82, 2.24) is 4.98 Å². The van der Waals surface area contributed by atoms with E-state index >= 15 is 4.39 Å². The summed E-state index contributed by atoms with van der Waals surface area (Å²) in [6.45, 7) is -0.570. The van der Waals surface area contributed by atoms with Crippen LogP contribution in [0.5, 0.6) is 23.0 Å². The van der Waals surface area contributed by atoms with Crippen molar-refractivity contribution in [2.75, 3.05) is 24.4 Å². The molecule has 3 aromatic carbocycles. The van der Waals surface area contributed by atoms with E-state index in [1.165, 1.54) is 37.6 Å². The molecule has 0 spiro atoms. The molecule has 0 saturated heterocycles. The van der Waals surface area contributed by atoms with Gasteiger partial charge in [0.1, 0.15) is 11.2 Å². The molecule has 5 rings (SSSR count). The summed E-state index contributed by atoms with van der Waals surface area (Å²) in [7, 11) is 1.39. The maximum absolute atomic E-state index is 15.1. The first-order valence-corrected chi connectivity index (χ1v) is 12.7. The Morgan fingerprint density at radius 1 is 0.952 bits per heavy atom. The normalized spacial score (nSPS) is 12.9. The van der Waals surface area contributed by atoms with Crippen LogP contribution in [0.3, 0.4) is 0 Å². The van der Waals surface area contributed by atoms with E-state index in [2.05, 4.69) is 15.6 Å². The number of benzene rings is 3. The Kier molecular flexibility index (Phi) is 9.57. The Hall–Kier alpha value is -3.90. The van der Waals surface area contributed by atoms with Crippen molar-refractivity contribution >= 4 is 81.2 Å². The number of aliphatic carboxylic acids is 1. The molecule has 1 fully saturated rings. The second-order valence-electron chi connectivity index (χ2n) is 9.26. The minimum atomic E-state index is -1.25. The predicted molar refractivity (Wildman–Crippen MR) is 155 cm³/mol. The van der Waals surface area contributed by atoms with Crippen molar-refractivity contribution in [3.8, 4) is 23.0 Å². The third-order valence-electron chi connectivity index (χ3n) is 6.45. The summed E-state index contributed by atoms with van der Waals surface area (Å²) in [5, 5.41) is 15.1. The van der Waals surface area contributed by atoms with Crippen molar-refractivity contribution in [3.63, 3.8) is 0 Å². The number of halogens is 2. The molecule has 212 valence electrons. The standard InChI is InChI=1S/C29H23ClFN3O7.Na.H/c1-39-24-13-19-21(14-25(24)40-15-26(35)36)32-10-7-22(19)41-23-6-5-18(12-20(23)31)34-28(38)29(8-9-29)27(37)33-17-4-2-3-16(30)11-17;;/h2-7,10-14H,8-9,15H2,1H3,(H,33,37)(H,34,38)(H,35,36);;. The SMILES string of the molecule is COc1cc2c(Oc3ccc(NC(=O)C4(C(=O)Nc5cccc(Cl)c5)CC4)cc3F)ccnc2cc1OCC(=O)O.[NaH]. The van der Waals surface area contributed by atoms with Crippen LogP contribution in [0, 0.1) is 11.2 Å². The van der Waals surface area contributed by atoms with Crippen molar-refractivity contribution in [2.45, 2.75) is 12.8 Å². The van der Waals surface area contributed by atoms with E-state index in [0.29, 0.717) is 34.5 Å². The van der Waals surface area contributed by atoms with Gasteiger partial charge in [-0.2, -0.15) is 0 Å². The molecule has 1 aliphatic rings. The summed E-state index contributed by atoms with van der Waals surface area (Å²) in [6.07, 6.45) is 2.16. The molecular formula is C29H24ClFN3NaO7. The molecule has 3 N–H and O–H groups in total. The number of rotatable bonds is 10. The fourth-order valence-corrected chi connectivity index (χ4v) is 4.35. The van der Waals surface area contributed by atoms with E-state index in [-0.39, 0.29) is 58.2 Å². The summed E-state index contributed by atoms with van der Waals surface area (Å²) < 4.78 is 31.5. The summed E-state index contributed by atoms with van der Waals surface area (Å²) >= 11 is 5.97. The molecule has 0 radical (unpaired) electrons. The molecule has 0 bridgehead atoms. The molecule has 0 unspecified atom stereocenters. The van der Waals surface area contributed by atoms with Crippen LogP contribution in [0.15, 0.2) is 66.9 Å². The van der Waals surface area contributed by atoms with Gasteiger partial charge in [0.15, 0.2) is 29.7 Å². The first-order chi connectivity index (χ1) is 19.7. The minimum absolute atomic E-state index is 0. The van der Waals surface area contributed by atoms with E-state index in [1.54, 1.807) is 30.3 Å². The zero-order chi connectivity index (χ0) is 29.1. The number of fused-ring (bicyclic) bond motifs is 1. The average molecular weight is 604 g/mol. The van der Waals surface area contributed by atoms with Crippen molar-refractivity contribution < 1.29 is 38.1 Å². The molecule has 2 amide bonds. The Morgan fingerprint density at radius 2 is 1.67 bits per heavy atom. The van der Waals surface area contributed by atoms with E-state index in [4.69, 9.17) is 30.9 Å². The van der Waals surface area contributed by atoms with E-state index in [0.717, 1.165) is 6.07 Å². The number of aromatic nitrogens is 1. The van der Waals surface area contributed by atoms with Gasteiger partial charge in [-0.1, -0.05) is 17.7 Å². The zero-order valence-corrected chi connectivity index (χ0v) is 22.3. The summed E-state index contributed by atoms with van der Waals surface area (Å²) in [5.74, 6) is -2.37. The number of nitrogens with zero attached hydrogens (tertiary/aromatic N) is 1. The Labute approximate surface area is 266 Å². The third-order valence-corrected chi connectivity index (χ3v) is 6.68. The molecule has 1 aliphatic carbocycles. The van der Waals surface area contributed by atoms with E-state index in [9.17, 15) is 14.4 Å². The Bertz CT molecular complexity index is 1680. The first-order valence-electron chi connectivity index (χ1n) is 12.4. The van der Waals surface area contributed by atoms with Gasteiger partial charge in [-0.25, -0.2) is 9.18 Å². The second-order valence-corrected chi connectivity index (χ2v) is 9.70. The van der Waals surface area contributed by atoms with Crippen LogP contribution in [0.2, 0.25) is 5.02 Å². The quantitative estimate of drug-likeness (QED) is 0.170. The fourth-order valence-electron chi connectivity index (χ4n) is 4.16. The van der Waals surface area contributed by atoms with Gasteiger partial charge in [0, 0.05) is 40.1 Å². The third kappa shape index (κ3) is 6.76. The van der Waals surface area contributed by atoms with Gasteiger partial charge in [-0.15, -0.1) is 0 Å². The predicted octanol–water partition coefficient (Wildman–Crippen LogP) is 5.00. The van der Waals surface area contributed by atoms with Crippen LogP contribution >= 0.6 is 11.6 Å². The van der Waals surface area contributed by atoms with Crippen LogP contribution in [-0.2, 0) is 14.4 Å². The summed E-state index contributed by atoms with van der Waals surface area (Å²) in [5.41, 5.74) is -0.225. The number of carbonyl (C=O) groups excluding carboxylic acids is 2. The molecule has 1 saturated carbocycles. The van der Waals surface area contributed by atoms with Crippen LogP contribution in [0.4, 0.5) is 15.8 Å². The maximum atomic E-state index is 15.1. The fraction of sp³-hybridized carbons (Fsp3) is 0.172. The van der Waals surface area contributed by atoms with Crippen LogP contribution < -0.4 is 24.8 Å². The van der Waals surface area contributed by atoms with Crippen molar-refractivity contribution in [3.05, 3.63) is 77.7 Å². The number of methoxy groups -OCH3 is 1. The second kappa shape index (κ2) is 13.0. The van der Waals surface area contributed by atoms with Gasteiger partial charge >= 0.3 is 35.5 Å².